The number of hydrogen-bond acceptors (Lipinski definition) is 6. The average Bonchev–Trinajstić information content (AvgIpc) is 2.73. The SMILES string of the molecule is CCC(C)n1c(SC(C)C(=O)Nc2cccc([N+](=O)[O-])c2)nc2ccccc2c1=O. The Morgan fingerprint density at radius 3 is 2.67 bits per heavy atom. The van der Waals surface area contributed by atoms with Crippen LogP contribution < -0.4 is 10.9 Å². The van der Waals surface area contributed by atoms with Gasteiger partial charge in [0.1, 0.15) is 0 Å². The third-order valence-corrected chi connectivity index (χ3v) is 5.85. The highest BCUT2D eigenvalue weighted by molar-refractivity contribution is 8.00. The zero-order chi connectivity index (χ0) is 21.8. The van der Waals surface area contributed by atoms with Crippen LogP contribution in [0.3, 0.4) is 0 Å². The second-order valence-electron chi connectivity index (χ2n) is 6.90. The van der Waals surface area contributed by atoms with E-state index in [9.17, 15) is 19.7 Å². The summed E-state index contributed by atoms with van der Waals surface area (Å²) in [6, 6.07) is 12.8. The number of benzene rings is 2. The summed E-state index contributed by atoms with van der Waals surface area (Å²) in [5, 5.41) is 14.1. The van der Waals surface area contributed by atoms with Crippen molar-refractivity contribution in [2.24, 2.45) is 0 Å². The molecule has 156 valence electrons. The largest absolute Gasteiger partial charge is 0.325 e. The standard InChI is InChI=1S/C21H22N4O4S/c1-4-13(2)24-20(27)17-10-5-6-11-18(17)23-21(24)30-14(3)19(26)22-15-8-7-9-16(12-15)25(28)29/h5-14H,4H2,1-3H3,(H,22,26). The van der Waals surface area contributed by atoms with E-state index in [0.29, 0.717) is 21.7 Å². The number of rotatable bonds is 7. The lowest BCUT2D eigenvalue weighted by molar-refractivity contribution is -0.384. The maximum Gasteiger partial charge on any atom is 0.271 e. The number of thioether (sulfide) groups is 1. The third kappa shape index (κ3) is 4.51. The quantitative estimate of drug-likeness (QED) is 0.260. The Balaban J connectivity index is 1.89. The molecule has 0 aliphatic carbocycles. The first-order valence-corrected chi connectivity index (χ1v) is 10.4. The highest BCUT2D eigenvalue weighted by Gasteiger charge is 2.22. The lowest BCUT2D eigenvalue weighted by Gasteiger charge is -2.20. The molecule has 0 spiro atoms. The van der Waals surface area contributed by atoms with Gasteiger partial charge < -0.3 is 5.32 Å². The van der Waals surface area contributed by atoms with E-state index in [1.807, 2.05) is 19.9 Å². The minimum atomic E-state index is -0.576. The molecule has 1 N–H and O–H groups in total. The molecule has 1 aromatic heterocycles. The first-order valence-electron chi connectivity index (χ1n) is 9.55. The smallest absolute Gasteiger partial charge is 0.271 e. The number of nitro groups is 1. The topological polar surface area (TPSA) is 107 Å². The van der Waals surface area contributed by atoms with Gasteiger partial charge in [-0.05, 0) is 38.5 Å². The number of non-ortho nitro benzene ring substituents is 1. The molecule has 0 saturated heterocycles. The number of aromatic nitrogens is 2. The average molecular weight is 426 g/mol. The number of anilines is 1. The van der Waals surface area contributed by atoms with Crippen LogP contribution in [-0.2, 0) is 4.79 Å². The second-order valence-corrected chi connectivity index (χ2v) is 8.21. The van der Waals surface area contributed by atoms with Gasteiger partial charge in [-0.2, -0.15) is 0 Å². The molecule has 3 rings (SSSR count). The third-order valence-electron chi connectivity index (χ3n) is 4.78. The number of carbonyl (C=O) groups excluding carboxylic acids is 1. The molecule has 1 amide bonds. The normalized spacial score (nSPS) is 13.0. The Hall–Kier alpha value is -3.20. The Morgan fingerprint density at radius 2 is 1.97 bits per heavy atom. The van der Waals surface area contributed by atoms with E-state index in [2.05, 4.69) is 10.3 Å². The predicted molar refractivity (Wildman–Crippen MR) is 118 cm³/mol. The highest BCUT2D eigenvalue weighted by atomic mass is 32.2. The molecule has 0 fully saturated rings. The van der Waals surface area contributed by atoms with Crippen LogP contribution in [0.15, 0.2) is 58.5 Å². The van der Waals surface area contributed by atoms with Crippen molar-refractivity contribution < 1.29 is 9.72 Å². The van der Waals surface area contributed by atoms with Crippen LogP contribution in [0, 0.1) is 10.1 Å². The van der Waals surface area contributed by atoms with Gasteiger partial charge in [0.25, 0.3) is 11.2 Å². The van der Waals surface area contributed by atoms with E-state index in [1.165, 1.54) is 30.0 Å². The lowest BCUT2D eigenvalue weighted by atomic mass is 10.2. The van der Waals surface area contributed by atoms with Crippen LogP contribution in [-0.4, -0.2) is 25.6 Å². The minimum Gasteiger partial charge on any atom is -0.325 e. The number of nitrogens with one attached hydrogen (secondary N) is 1. The van der Waals surface area contributed by atoms with E-state index in [-0.39, 0.29) is 23.2 Å². The molecule has 30 heavy (non-hydrogen) atoms. The monoisotopic (exact) mass is 426 g/mol. The fourth-order valence-corrected chi connectivity index (χ4v) is 3.94. The van der Waals surface area contributed by atoms with Crippen molar-refractivity contribution in [2.45, 2.75) is 43.6 Å². The number of nitro benzene ring substituents is 1. The highest BCUT2D eigenvalue weighted by Crippen LogP contribution is 2.27. The molecule has 0 bridgehead atoms. The molecule has 2 atom stereocenters. The molecular formula is C21H22N4O4S. The Labute approximate surface area is 177 Å². The van der Waals surface area contributed by atoms with Crippen molar-refractivity contribution in [3.05, 3.63) is 69.0 Å². The zero-order valence-corrected chi connectivity index (χ0v) is 17.7. The summed E-state index contributed by atoms with van der Waals surface area (Å²) >= 11 is 1.19. The summed E-state index contributed by atoms with van der Waals surface area (Å²) in [5.74, 6) is -0.335. The summed E-state index contributed by atoms with van der Waals surface area (Å²) in [7, 11) is 0. The van der Waals surface area contributed by atoms with Crippen LogP contribution in [0.2, 0.25) is 0 Å². The van der Waals surface area contributed by atoms with Crippen LogP contribution in [0.4, 0.5) is 11.4 Å². The van der Waals surface area contributed by atoms with Crippen molar-refractivity contribution in [3.8, 4) is 0 Å². The van der Waals surface area contributed by atoms with Crippen LogP contribution in [0.5, 0.6) is 0 Å². The summed E-state index contributed by atoms with van der Waals surface area (Å²) in [6.07, 6.45) is 0.738. The Kier molecular flexibility index (Phi) is 6.51. The maximum absolute atomic E-state index is 13.0. The van der Waals surface area contributed by atoms with Crippen LogP contribution in [0.25, 0.3) is 10.9 Å². The number of carbonyl (C=O) groups is 1. The number of amides is 1. The molecule has 0 aliphatic rings. The van der Waals surface area contributed by atoms with Gasteiger partial charge in [-0.3, -0.25) is 24.3 Å². The minimum absolute atomic E-state index is 0.0795. The van der Waals surface area contributed by atoms with Gasteiger partial charge in [0.05, 0.1) is 21.1 Å². The first-order chi connectivity index (χ1) is 14.3. The van der Waals surface area contributed by atoms with Gasteiger partial charge in [-0.25, -0.2) is 4.98 Å². The van der Waals surface area contributed by atoms with Crippen molar-refractivity contribution in [3.63, 3.8) is 0 Å². The number of fused-ring (bicyclic) bond motifs is 1. The molecular weight excluding hydrogens is 404 g/mol. The van der Waals surface area contributed by atoms with Gasteiger partial charge in [0.15, 0.2) is 5.16 Å². The van der Waals surface area contributed by atoms with Crippen molar-refractivity contribution in [1.29, 1.82) is 0 Å². The maximum atomic E-state index is 13.0. The fourth-order valence-electron chi connectivity index (χ4n) is 2.93. The Morgan fingerprint density at radius 1 is 1.23 bits per heavy atom. The van der Waals surface area contributed by atoms with Crippen LogP contribution >= 0.6 is 11.8 Å². The van der Waals surface area contributed by atoms with Gasteiger partial charge >= 0.3 is 0 Å². The van der Waals surface area contributed by atoms with Gasteiger partial charge in [-0.1, -0.05) is 36.9 Å². The predicted octanol–water partition coefficient (Wildman–Crippen LogP) is 4.40. The molecule has 9 heteroatoms. The van der Waals surface area contributed by atoms with E-state index < -0.39 is 10.2 Å². The molecule has 2 aromatic carbocycles. The fraction of sp³-hybridized carbons (Fsp3) is 0.286. The molecule has 3 aromatic rings. The van der Waals surface area contributed by atoms with E-state index in [1.54, 1.807) is 35.8 Å². The van der Waals surface area contributed by atoms with Gasteiger partial charge in [-0.15, -0.1) is 0 Å². The van der Waals surface area contributed by atoms with E-state index in [4.69, 9.17) is 0 Å². The first kappa shape index (κ1) is 21.5. The molecule has 2 unspecified atom stereocenters. The van der Waals surface area contributed by atoms with Crippen molar-refractivity contribution in [2.75, 3.05) is 5.32 Å². The van der Waals surface area contributed by atoms with E-state index >= 15 is 0 Å². The zero-order valence-electron chi connectivity index (χ0n) is 16.9. The molecule has 8 nitrogen and oxygen atoms in total. The molecule has 0 radical (unpaired) electrons. The number of para-hydroxylation sites is 1. The van der Waals surface area contributed by atoms with E-state index in [0.717, 1.165) is 6.42 Å². The molecule has 0 aliphatic heterocycles. The lowest BCUT2D eigenvalue weighted by Crippen LogP contribution is -2.28. The number of nitrogens with zero attached hydrogens (tertiary/aromatic N) is 3. The Bertz CT molecular complexity index is 1160. The summed E-state index contributed by atoms with van der Waals surface area (Å²) in [6.45, 7) is 5.63. The van der Waals surface area contributed by atoms with Crippen molar-refractivity contribution in [1.82, 2.24) is 9.55 Å². The summed E-state index contributed by atoms with van der Waals surface area (Å²) in [5.41, 5.74) is 0.682. The summed E-state index contributed by atoms with van der Waals surface area (Å²) in [4.78, 5) is 40.8. The molecule has 1 heterocycles. The number of hydrogen-bond donors (Lipinski definition) is 1. The summed E-state index contributed by atoms with van der Waals surface area (Å²) < 4.78 is 1.63. The second kappa shape index (κ2) is 9.08. The van der Waals surface area contributed by atoms with Gasteiger partial charge in [0, 0.05) is 23.9 Å². The van der Waals surface area contributed by atoms with Crippen LogP contribution in [0.1, 0.15) is 33.2 Å². The molecule has 0 saturated carbocycles. The van der Waals surface area contributed by atoms with Gasteiger partial charge in [0.2, 0.25) is 5.91 Å². The van der Waals surface area contributed by atoms with Crippen molar-refractivity contribution >= 4 is 39.9 Å².